The minimum atomic E-state index is -0.437. The predicted molar refractivity (Wildman–Crippen MR) is 76.6 cm³/mol. The number of carbonyl (C=O) groups is 2. The maximum Gasteiger partial charge on any atom is 0.343 e. The van der Waals surface area contributed by atoms with Gasteiger partial charge in [0.2, 0.25) is 0 Å². The summed E-state index contributed by atoms with van der Waals surface area (Å²) in [5.41, 5.74) is 0.892. The summed E-state index contributed by atoms with van der Waals surface area (Å²) in [4.78, 5) is 22.4. The molecule has 110 valence electrons. The summed E-state index contributed by atoms with van der Waals surface area (Å²) in [6.07, 6.45) is 1.38. The molecule has 0 saturated heterocycles. The van der Waals surface area contributed by atoms with E-state index in [1.165, 1.54) is 7.11 Å². The van der Waals surface area contributed by atoms with Crippen LogP contribution >= 0.6 is 11.8 Å². The zero-order valence-corrected chi connectivity index (χ0v) is 12.6. The average molecular weight is 298 g/mol. The zero-order chi connectivity index (χ0) is 15.0. The molecular weight excluding hydrogens is 280 g/mol. The summed E-state index contributed by atoms with van der Waals surface area (Å²) in [5.74, 6) is 1.49. The van der Waals surface area contributed by atoms with Gasteiger partial charge in [-0.1, -0.05) is 0 Å². The highest BCUT2D eigenvalue weighted by Gasteiger charge is 2.11. The quantitative estimate of drug-likeness (QED) is 0.317. The Hall–Kier alpha value is -1.69. The summed E-state index contributed by atoms with van der Waals surface area (Å²) in [7, 11) is 2.88. The van der Waals surface area contributed by atoms with Crippen LogP contribution < -0.4 is 9.47 Å². The van der Waals surface area contributed by atoms with Crippen molar-refractivity contribution in [1.29, 1.82) is 0 Å². The first-order valence-corrected chi connectivity index (χ1v) is 7.05. The van der Waals surface area contributed by atoms with Gasteiger partial charge >= 0.3 is 5.97 Å². The molecule has 0 aromatic heterocycles. The van der Waals surface area contributed by atoms with E-state index < -0.39 is 5.97 Å². The normalized spacial score (nSPS) is 9.95. The van der Waals surface area contributed by atoms with Crippen LogP contribution in [0.2, 0.25) is 0 Å². The van der Waals surface area contributed by atoms with Crippen molar-refractivity contribution in [3.05, 3.63) is 17.7 Å². The Morgan fingerprint density at radius 3 is 2.65 bits per heavy atom. The van der Waals surface area contributed by atoms with Gasteiger partial charge in [-0.25, -0.2) is 4.79 Å². The lowest BCUT2D eigenvalue weighted by molar-refractivity contribution is -0.142. The van der Waals surface area contributed by atoms with E-state index in [1.807, 2.05) is 13.0 Å². The van der Waals surface area contributed by atoms with Gasteiger partial charge in [-0.2, -0.15) is 0 Å². The molecular formula is C14H18O5S. The van der Waals surface area contributed by atoms with Gasteiger partial charge in [-0.3, -0.25) is 0 Å². The van der Waals surface area contributed by atoms with Gasteiger partial charge in [0.15, 0.2) is 6.61 Å². The molecule has 0 atom stereocenters. The number of esters is 1. The molecule has 0 bridgehead atoms. The van der Waals surface area contributed by atoms with E-state index in [0.29, 0.717) is 23.7 Å². The maximum absolute atomic E-state index is 11.1. The number of thioether (sulfide) groups is 1. The fourth-order valence-electron chi connectivity index (χ4n) is 1.48. The first-order valence-electron chi connectivity index (χ1n) is 6.07. The molecule has 0 radical (unpaired) electrons. The topological polar surface area (TPSA) is 61.8 Å². The van der Waals surface area contributed by atoms with Gasteiger partial charge in [-0.05, 0) is 18.6 Å². The van der Waals surface area contributed by atoms with Crippen molar-refractivity contribution >= 4 is 24.0 Å². The first-order chi connectivity index (χ1) is 9.62. The molecule has 0 aliphatic carbocycles. The minimum absolute atomic E-state index is 0.141. The van der Waals surface area contributed by atoms with Crippen molar-refractivity contribution in [1.82, 2.24) is 0 Å². The number of aldehydes is 1. The zero-order valence-electron chi connectivity index (χ0n) is 11.8. The van der Waals surface area contributed by atoms with Gasteiger partial charge in [0.05, 0.1) is 14.2 Å². The minimum Gasteiger partial charge on any atom is -0.495 e. The Morgan fingerprint density at radius 2 is 2.05 bits per heavy atom. The second kappa shape index (κ2) is 8.47. The number of hydrogen-bond donors (Lipinski definition) is 0. The fraction of sp³-hybridized carbons (Fsp3) is 0.429. The highest BCUT2D eigenvalue weighted by atomic mass is 32.2. The number of ether oxygens (including phenoxy) is 3. The second-order valence-electron chi connectivity index (χ2n) is 3.94. The number of hydrogen-bond acceptors (Lipinski definition) is 6. The summed E-state index contributed by atoms with van der Waals surface area (Å²) in [6, 6.07) is 3.66. The van der Waals surface area contributed by atoms with E-state index in [-0.39, 0.29) is 6.61 Å². The van der Waals surface area contributed by atoms with Gasteiger partial charge < -0.3 is 19.0 Å². The van der Waals surface area contributed by atoms with E-state index in [2.05, 4.69) is 4.74 Å². The van der Waals surface area contributed by atoms with E-state index in [4.69, 9.17) is 9.47 Å². The Kier molecular flexibility index (Phi) is 6.93. The van der Waals surface area contributed by atoms with Crippen LogP contribution in [0.4, 0.5) is 0 Å². The molecule has 0 spiro atoms. The molecule has 0 aliphatic heterocycles. The second-order valence-corrected chi connectivity index (χ2v) is 5.07. The molecule has 0 saturated carbocycles. The molecule has 5 nitrogen and oxygen atoms in total. The summed E-state index contributed by atoms with van der Waals surface area (Å²) in [6.45, 7) is 1.74. The number of aryl methyl sites for hydroxylation is 1. The molecule has 1 aromatic carbocycles. The Balaban J connectivity index is 2.83. The first kappa shape index (κ1) is 16.4. The number of benzene rings is 1. The lowest BCUT2D eigenvalue weighted by atomic mass is 10.2. The molecule has 0 aliphatic rings. The Morgan fingerprint density at radius 1 is 1.30 bits per heavy atom. The van der Waals surface area contributed by atoms with Crippen molar-refractivity contribution in [2.24, 2.45) is 0 Å². The molecule has 0 heterocycles. The molecule has 1 aromatic rings. The predicted octanol–water partition coefficient (Wildman–Crippen LogP) is 2.24. The third kappa shape index (κ3) is 4.77. The van der Waals surface area contributed by atoms with E-state index in [9.17, 15) is 9.59 Å². The third-order valence-corrected chi connectivity index (χ3v) is 3.60. The number of carbonyl (C=O) groups excluding carboxylic acids is 2. The van der Waals surface area contributed by atoms with E-state index >= 15 is 0 Å². The lowest BCUT2D eigenvalue weighted by Crippen LogP contribution is -2.13. The maximum atomic E-state index is 11.1. The highest BCUT2D eigenvalue weighted by molar-refractivity contribution is 7.99. The molecule has 0 fully saturated rings. The lowest BCUT2D eigenvalue weighted by Gasteiger charge is -2.13. The standard InChI is InChI=1S/C14H18O5S/c1-10-7-13(20-6-4-5-15)12(17-2)8-11(10)19-9-14(16)18-3/h5,7-8H,4,6,9H2,1-3H3. The third-order valence-electron chi connectivity index (χ3n) is 2.53. The number of methoxy groups -OCH3 is 2. The van der Waals surface area contributed by atoms with Crippen LogP contribution in [0.15, 0.2) is 17.0 Å². The fourth-order valence-corrected chi connectivity index (χ4v) is 2.46. The van der Waals surface area contributed by atoms with Crippen LogP contribution in [-0.4, -0.2) is 38.8 Å². The van der Waals surface area contributed by atoms with Crippen LogP contribution in [0.3, 0.4) is 0 Å². The van der Waals surface area contributed by atoms with Crippen LogP contribution in [0.25, 0.3) is 0 Å². The van der Waals surface area contributed by atoms with Gasteiger partial charge in [0.25, 0.3) is 0 Å². The molecule has 6 heteroatoms. The van der Waals surface area contributed by atoms with Crippen LogP contribution in [-0.2, 0) is 14.3 Å². The van der Waals surface area contributed by atoms with Crippen LogP contribution in [0.5, 0.6) is 11.5 Å². The van der Waals surface area contributed by atoms with Gasteiger partial charge in [0, 0.05) is 23.1 Å². The van der Waals surface area contributed by atoms with Crippen molar-refractivity contribution in [3.63, 3.8) is 0 Å². The molecule has 20 heavy (non-hydrogen) atoms. The van der Waals surface area contributed by atoms with E-state index in [0.717, 1.165) is 16.7 Å². The van der Waals surface area contributed by atoms with Crippen molar-refractivity contribution in [3.8, 4) is 11.5 Å². The van der Waals surface area contributed by atoms with Crippen molar-refractivity contribution < 1.29 is 23.8 Å². The summed E-state index contributed by atoms with van der Waals surface area (Å²) in [5, 5.41) is 0. The summed E-state index contributed by atoms with van der Waals surface area (Å²) >= 11 is 1.54. The number of rotatable bonds is 8. The molecule has 0 amide bonds. The molecule has 1 rings (SSSR count). The van der Waals surface area contributed by atoms with Crippen molar-refractivity contribution in [2.75, 3.05) is 26.6 Å². The van der Waals surface area contributed by atoms with Crippen molar-refractivity contribution in [2.45, 2.75) is 18.2 Å². The SMILES string of the molecule is COC(=O)COc1cc(OC)c(SCCC=O)cc1C. The van der Waals surface area contributed by atoms with E-state index in [1.54, 1.807) is 24.9 Å². The smallest absolute Gasteiger partial charge is 0.343 e. The van der Waals surface area contributed by atoms with Crippen LogP contribution in [0, 0.1) is 6.92 Å². The van der Waals surface area contributed by atoms with Crippen LogP contribution in [0.1, 0.15) is 12.0 Å². The highest BCUT2D eigenvalue weighted by Crippen LogP contribution is 2.35. The summed E-state index contributed by atoms with van der Waals surface area (Å²) < 4.78 is 15.2. The average Bonchev–Trinajstić information content (AvgIpc) is 2.46. The largest absolute Gasteiger partial charge is 0.495 e. The van der Waals surface area contributed by atoms with Gasteiger partial charge in [0.1, 0.15) is 17.8 Å². The Bertz CT molecular complexity index is 473. The molecule has 0 N–H and O–H groups in total. The molecule has 0 unspecified atom stereocenters. The Labute approximate surface area is 122 Å². The monoisotopic (exact) mass is 298 g/mol. The van der Waals surface area contributed by atoms with Gasteiger partial charge in [-0.15, -0.1) is 11.8 Å².